The number of benzene rings is 2. The van der Waals surface area contributed by atoms with E-state index in [4.69, 9.17) is 4.74 Å². The summed E-state index contributed by atoms with van der Waals surface area (Å²) < 4.78 is 5.94. The lowest BCUT2D eigenvalue weighted by Gasteiger charge is -2.07. The predicted octanol–water partition coefficient (Wildman–Crippen LogP) is 2.98. The molecule has 2 aromatic carbocycles. The van der Waals surface area contributed by atoms with Gasteiger partial charge in [-0.25, -0.2) is 0 Å². The van der Waals surface area contributed by atoms with E-state index >= 15 is 0 Å². The Morgan fingerprint density at radius 1 is 0.963 bits per heavy atom. The summed E-state index contributed by atoms with van der Waals surface area (Å²) in [5.74, 6) is -0.819. The van der Waals surface area contributed by atoms with Crippen LogP contribution in [-0.2, 0) is 25.7 Å². The average molecular weight is 451 g/mol. The summed E-state index contributed by atoms with van der Waals surface area (Å²) >= 11 is 4.50. The Bertz CT molecular complexity index is 786. The molecule has 0 aromatic heterocycles. The van der Waals surface area contributed by atoms with Gasteiger partial charge in [0.05, 0.1) is 11.5 Å². The van der Waals surface area contributed by atoms with E-state index < -0.39 is 5.97 Å². The van der Waals surface area contributed by atoms with Crippen LogP contribution in [0.25, 0.3) is 0 Å². The number of carbonyl (C=O) groups excluding carboxylic acids is 3. The third kappa shape index (κ3) is 8.74. The lowest BCUT2D eigenvalue weighted by atomic mass is 10.2. The zero-order valence-electron chi connectivity index (χ0n) is 14.4. The van der Waals surface area contributed by atoms with Crippen LogP contribution in [0.2, 0.25) is 0 Å². The molecule has 0 saturated carbocycles. The number of amides is 2. The van der Waals surface area contributed by atoms with Crippen molar-refractivity contribution in [3.8, 4) is 0 Å². The van der Waals surface area contributed by atoms with Crippen molar-refractivity contribution in [2.45, 2.75) is 6.61 Å². The lowest BCUT2D eigenvalue weighted by Crippen LogP contribution is -2.32. The molecular weight excluding hydrogens is 432 g/mol. The van der Waals surface area contributed by atoms with Crippen LogP contribution in [0.4, 0.5) is 5.69 Å². The van der Waals surface area contributed by atoms with Crippen LogP contribution < -0.4 is 10.6 Å². The first-order valence-corrected chi connectivity index (χ1v) is 10.1. The summed E-state index contributed by atoms with van der Waals surface area (Å²) in [4.78, 5) is 35.2. The van der Waals surface area contributed by atoms with Gasteiger partial charge in [0, 0.05) is 10.2 Å². The molecule has 8 heteroatoms. The van der Waals surface area contributed by atoms with Crippen LogP contribution in [0.5, 0.6) is 0 Å². The first-order valence-electron chi connectivity index (χ1n) is 8.12. The van der Waals surface area contributed by atoms with E-state index in [0.29, 0.717) is 5.69 Å². The quantitative estimate of drug-likeness (QED) is 0.573. The van der Waals surface area contributed by atoms with Gasteiger partial charge in [0.2, 0.25) is 11.8 Å². The van der Waals surface area contributed by atoms with Gasteiger partial charge in [-0.1, -0.05) is 52.3 Å². The Labute approximate surface area is 170 Å². The highest BCUT2D eigenvalue weighted by Gasteiger charge is 2.09. The molecule has 0 bridgehead atoms. The van der Waals surface area contributed by atoms with Gasteiger partial charge in [0.1, 0.15) is 13.2 Å². The number of hydrogen-bond acceptors (Lipinski definition) is 5. The van der Waals surface area contributed by atoms with Gasteiger partial charge >= 0.3 is 5.97 Å². The van der Waals surface area contributed by atoms with Crippen molar-refractivity contribution in [1.29, 1.82) is 0 Å². The van der Waals surface area contributed by atoms with Gasteiger partial charge in [-0.15, -0.1) is 11.8 Å². The molecule has 2 aromatic rings. The summed E-state index contributed by atoms with van der Waals surface area (Å²) in [6.45, 7) is -0.0312. The fourth-order valence-corrected chi connectivity index (χ4v) is 3.06. The third-order valence-electron chi connectivity index (χ3n) is 3.25. The van der Waals surface area contributed by atoms with Gasteiger partial charge in [-0.2, -0.15) is 0 Å². The molecule has 0 aliphatic heterocycles. The fraction of sp³-hybridized carbons (Fsp3) is 0.211. The minimum Gasteiger partial charge on any atom is -0.460 e. The Morgan fingerprint density at radius 3 is 2.44 bits per heavy atom. The number of carbonyl (C=O) groups is 3. The van der Waals surface area contributed by atoms with Crippen LogP contribution in [-0.4, -0.2) is 35.8 Å². The Morgan fingerprint density at radius 2 is 1.70 bits per heavy atom. The zero-order chi connectivity index (χ0) is 19.5. The highest BCUT2D eigenvalue weighted by molar-refractivity contribution is 9.10. The van der Waals surface area contributed by atoms with Crippen LogP contribution in [0.15, 0.2) is 59.1 Å². The maximum atomic E-state index is 11.8. The molecule has 0 spiro atoms. The molecule has 142 valence electrons. The predicted molar refractivity (Wildman–Crippen MR) is 109 cm³/mol. The monoisotopic (exact) mass is 450 g/mol. The minimum atomic E-state index is -0.510. The number of esters is 1. The largest absolute Gasteiger partial charge is 0.460 e. The van der Waals surface area contributed by atoms with Crippen LogP contribution in [0.1, 0.15) is 5.56 Å². The van der Waals surface area contributed by atoms with E-state index in [1.54, 1.807) is 12.1 Å². The molecule has 0 fully saturated rings. The van der Waals surface area contributed by atoms with Crippen molar-refractivity contribution < 1.29 is 19.1 Å². The highest BCUT2D eigenvalue weighted by atomic mass is 79.9. The molecule has 0 aliphatic carbocycles. The van der Waals surface area contributed by atoms with Crippen LogP contribution in [0, 0.1) is 0 Å². The zero-order valence-corrected chi connectivity index (χ0v) is 16.8. The number of nitrogens with one attached hydrogen (secondary N) is 2. The normalized spacial score (nSPS) is 10.1. The molecule has 27 heavy (non-hydrogen) atoms. The topological polar surface area (TPSA) is 84.5 Å². The first-order chi connectivity index (χ1) is 13.0. The van der Waals surface area contributed by atoms with E-state index in [1.807, 2.05) is 42.5 Å². The maximum absolute atomic E-state index is 11.8. The highest BCUT2D eigenvalue weighted by Crippen LogP contribution is 2.15. The van der Waals surface area contributed by atoms with Crippen molar-refractivity contribution in [2.75, 3.05) is 23.4 Å². The summed E-state index contributed by atoms with van der Waals surface area (Å²) in [6.07, 6.45) is 0. The molecule has 6 nitrogen and oxygen atoms in total. The molecule has 2 N–H and O–H groups in total. The molecular formula is C19H19BrN2O4S. The van der Waals surface area contributed by atoms with Crippen LogP contribution in [0.3, 0.4) is 0 Å². The van der Waals surface area contributed by atoms with E-state index in [-0.39, 0.29) is 36.5 Å². The smallest absolute Gasteiger partial charge is 0.325 e. The molecule has 0 aliphatic rings. The Hall–Kier alpha value is -2.32. The number of ether oxygens (including phenoxy) is 1. The molecule has 0 radical (unpaired) electrons. The van der Waals surface area contributed by atoms with Crippen molar-refractivity contribution in [2.24, 2.45) is 0 Å². The van der Waals surface area contributed by atoms with Crippen molar-refractivity contribution in [3.63, 3.8) is 0 Å². The lowest BCUT2D eigenvalue weighted by molar-refractivity contribution is -0.145. The molecule has 0 heterocycles. The van der Waals surface area contributed by atoms with Crippen molar-refractivity contribution in [3.05, 3.63) is 64.6 Å². The second-order valence-electron chi connectivity index (χ2n) is 5.47. The summed E-state index contributed by atoms with van der Waals surface area (Å²) in [5, 5.41) is 5.22. The Balaban J connectivity index is 1.57. The second-order valence-corrected chi connectivity index (χ2v) is 7.38. The molecule has 0 atom stereocenters. The third-order valence-corrected chi connectivity index (χ3v) is 4.67. The summed E-state index contributed by atoms with van der Waals surface area (Å²) in [6, 6.07) is 16.5. The van der Waals surface area contributed by atoms with E-state index in [2.05, 4.69) is 26.6 Å². The fourth-order valence-electron chi connectivity index (χ4n) is 2.01. The van der Waals surface area contributed by atoms with Gasteiger partial charge in [-0.3, -0.25) is 14.4 Å². The van der Waals surface area contributed by atoms with E-state index in [9.17, 15) is 14.4 Å². The minimum absolute atomic E-state index is 0.0812. The number of rotatable bonds is 9. The van der Waals surface area contributed by atoms with Crippen molar-refractivity contribution >= 4 is 51.2 Å². The second kappa shape index (κ2) is 11.4. The van der Waals surface area contributed by atoms with Crippen LogP contribution >= 0.6 is 27.7 Å². The number of hydrogen-bond donors (Lipinski definition) is 2. The van der Waals surface area contributed by atoms with Gasteiger partial charge in [0.15, 0.2) is 0 Å². The number of thioether (sulfide) groups is 1. The Kier molecular flexibility index (Phi) is 8.86. The van der Waals surface area contributed by atoms with E-state index in [0.717, 1.165) is 10.0 Å². The van der Waals surface area contributed by atoms with Gasteiger partial charge in [-0.05, 0) is 23.8 Å². The molecule has 2 rings (SSSR count). The van der Waals surface area contributed by atoms with Gasteiger partial charge < -0.3 is 15.4 Å². The molecule has 0 saturated heterocycles. The summed E-state index contributed by atoms with van der Waals surface area (Å²) in [7, 11) is 0. The summed E-state index contributed by atoms with van der Waals surface area (Å²) in [5.41, 5.74) is 1.56. The SMILES string of the molecule is O=C(CSCC(=O)Nc1cccc(Br)c1)NCC(=O)OCc1ccccc1. The standard InChI is InChI=1S/C19H19BrN2O4S/c20-15-7-4-8-16(9-15)22-18(24)13-27-12-17(23)21-10-19(25)26-11-14-5-2-1-3-6-14/h1-9H,10-13H2,(H,21,23)(H,22,24). The molecule has 2 amide bonds. The average Bonchev–Trinajstić information content (AvgIpc) is 2.65. The maximum Gasteiger partial charge on any atom is 0.325 e. The number of anilines is 1. The molecule has 0 unspecified atom stereocenters. The van der Waals surface area contributed by atoms with E-state index in [1.165, 1.54) is 11.8 Å². The van der Waals surface area contributed by atoms with Crippen molar-refractivity contribution in [1.82, 2.24) is 5.32 Å². The van der Waals surface area contributed by atoms with Gasteiger partial charge in [0.25, 0.3) is 0 Å². The first kappa shape index (κ1) is 21.0. The number of halogens is 1.